The Morgan fingerprint density at radius 3 is 2.43 bits per heavy atom. The van der Waals surface area contributed by atoms with Crippen molar-refractivity contribution in [2.45, 2.75) is 6.42 Å². The molecule has 1 saturated heterocycles. The van der Waals surface area contributed by atoms with Crippen molar-refractivity contribution in [1.29, 1.82) is 0 Å². The lowest BCUT2D eigenvalue weighted by atomic mass is 10.1. The van der Waals surface area contributed by atoms with Crippen LogP contribution in [0.25, 0.3) is 0 Å². The topological polar surface area (TPSA) is 91.4 Å². The fourth-order valence-electron chi connectivity index (χ4n) is 3.24. The molecule has 1 aliphatic rings. The van der Waals surface area contributed by atoms with E-state index in [0.717, 1.165) is 0 Å². The van der Waals surface area contributed by atoms with E-state index >= 15 is 0 Å². The van der Waals surface area contributed by atoms with Gasteiger partial charge in [0, 0.05) is 24.6 Å². The predicted octanol–water partition coefficient (Wildman–Crippen LogP) is 2.49. The maximum absolute atomic E-state index is 12.5. The van der Waals surface area contributed by atoms with Crippen LogP contribution in [0.15, 0.2) is 42.5 Å². The molecular formula is C22H23NO7. The molecule has 0 saturated carbocycles. The number of ether oxygens (including phenoxy) is 4. The van der Waals surface area contributed by atoms with Crippen molar-refractivity contribution in [3.8, 4) is 17.2 Å². The first-order valence-electron chi connectivity index (χ1n) is 9.33. The second kappa shape index (κ2) is 9.30. The van der Waals surface area contributed by atoms with Crippen molar-refractivity contribution in [3.63, 3.8) is 0 Å². The van der Waals surface area contributed by atoms with Crippen LogP contribution in [0.5, 0.6) is 17.2 Å². The molecule has 1 atom stereocenters. The van der Waals surface area contributed by atoms with Gasteiger partial charge in [0.1, 0.15) is 17.2 Å². The van der Waals surface area contributed by atoms with Crippen LogP contribution in [0.1, 0.15) is 16.8 Å². The van der Waals surface area contributed by atoms with Crippen molar-refractivity contribution in [2.24, 2.45) is 5.92 Å². The molecule has 158 valence electrons. The van der Waals surface area contributed by atoms with Gasteiger partial charge in [-0.1, -0.05) is 12.1 Å². The molecule has 30 heavy (non-hydrogen) atoms. The van der Waals surface area contributed by atoms with E-state index in [2.05, 4.69) is 0 Å². The van der Waals surface area contributed by atoms with Gasteiger partial charge in [0.25, 0.3) is 0 Å². The quantitative estimate of drug-likeness (QED) is 0.485. The lowest BCUT2D eigenvalue weighted by Gasteiger charge is -2.20. The SMILES string of the molecule is COc1cccc(C(=O)COC(=O)[C@H]2CC(=O)N(c3cc(OC)ccc3OC)C2)c1. The maximum Gasteiger partial charge on any atom is 0.311 e. The van der Waals surface area contributed by atoms with E-state index in [1.807, 2.05) is 0 Å². The Hall–Kier alpha value is -3.55. The molecule has 1 fully saturated rings. The second-order valence-corrected chi connectivity index (χ2v) is 6.71. The summed E-state index contributed by atoms with van der Waals surface area (Å²) < 4.78 is 20.8. The number of methoxy groups -OCH3 is 3. The van der Waals surface area contributed by atoms with Gasteiger partial charge in [-0.15, -0.1) is 0 Å². The van der Waals surface area contributed by atoms with Crippen LogP contribution in [-0.2, 0) is 14.3 Å². The molecule has 0 aromatic heterocycles. The number of benzene rings is 2. The van der Waals surface area contributed by atoms with Crippen LogP contribution >= 0.6 is 0 Å². The Bertz CT molecular complexity index is 956. The first-order chi connectivity index (χ1) is 14.5. The minimum absolute atomic E-state index is 0.00739. The fourth-order valence-corrected chi connectivity index (χ4v) is 3.24. The summed E-state index contributed by atoms with van der Waals surface area (Å²) in [4.78, 5) is 38.8. The van der Waals surface area contributed by atoms with Gasteiger partial charge in [0.2, 0.25) is 5.91 Å². The monoisotopic (exact) mass is 413 g/mol. The molecule has 0 spiro atoms. The lowest BCUT2D eigenvalue weighted by Crippen LogP contribution is -2.27. The lowest BCUT2D eigenvalue weighted by molar-refractivity contribution is -0.147. The third-order valence-corrected chi connectivity index (χ3v) is 4.87. The molecule has 2 aromatic rings. The zero-order valence-corrected chi connectivity index (χ0v) is 17.0. The number of esters is 1. The number of carbonyl (C=O) groups is 3. The molecule has 0 unspecified atom stereocenters. The molecule has 2 aromatic carbocycles. The van der Waals surface area contributed by atoms with E-state index in [9.17, 15) is 14.4 Å². The number of hydrogen-bond acceptors (Lipinski definition) is 7. The van der Waals surface area contributed by atoms with E-state index < -0.39 is 18.5 Å². The Balaban J connectivity index is 1.65. The van der Waals surface area contributed by atoms with Crippen LogP contribution in [0.4, 0.5) is 5.69 Å². The third kappa shape index (κ3) is 4.53. The third-order valence-electron chi connectivity index (χ3n) is 4.87. The number of carbonyl (C=O) groups excluding carboxylic acids is 3. The highest BCUT2D eigenvalue weighted by Crippen LogP contribution is 2.36. The number of rotatable bonds is 8. The van der Waals surface area contributed by atoms with Crippen molar-refractivity contribution in [1.82, 2.24) is 0 Å². The Morgan fingerprint density at radius 1 is 1.00 bits per heavy atom. The summed E-state index contributed by atoms with van der Waals surface area (Å²) in [5, 5.41) is 0. The summed E-state index contributed by atoms with van der Waals surface area (Å²) in [5.74, 6) is -0.257. The number of amides is 1. The molecule has 0 aliphatic carbocycles. The molecule has 1 amide bonds. The fraction of sp³-hybridized carbons (Fsp3) is 0.318. The zero-order valence-electron chi connectivity index (χ0n) is 17.0. The van der Waals surface area contributed by atoms with E-state index in [4.69, 9.17) is 18.9 Å². The summed E-state index contributed by atoms with van der Waals surface area (Å²) in [6, 6.07) is 11.7. The zero-order chi connectivity index (χ0) is 21.7. The van der Waals surface area contributed by atoms with Gasteiger partial charge < -0.3 is 23.8 Å². The Kier molecular flexibility index (Phi) is 6.56. The maximum atomic E-state index is 12.5. The van der Waals surface area contributed by atoms with Crippen LogP contribution in [0, 0.1) is 5.92 Å². The predicted molar refractivity (Wildman–Crippen MR) is 108 cm³/mol. The van der Waals surface area contributed by atoms with Crippen molar-refractivity contribution >= 4 is 23.3 Å². The molecule has 1 aliphatic heterocycles. The van der Waals surface area contributed by atoms with Gasteiger partial charge in [-0.3, -0.25) is 14.4 Å². The highest BCUT2D eigenvalue weighted by Gasteiger charge is 2.37. The van der Waals surface area contributed by atoms with E-state index in [1.165, 1.54) is 26.2 Å². The van der Waals surface area contributed by atoms with Crippen molar-refractivity contribution in [2.75, 3.05) is 39.4 Å². The minimum atomic E-state index is -0.675. The first kappa shape index (κ1) is 21.2. The van der Waals surface area contributed by atoms with Crippen LogP contribution in [0.3, 0.4) is 0 Å². The van der Waals surface area contributed by atoms with Gasteiger partial charge in [-0.05, 0) is 24.3 Å². The van der Waals surface area contributed by atoms with Crippen molar-refractivity contribution < 1.29 is 33.3 Å². The molecule has 8 heteroatoms. The van der Waals surface area contributed by atoms with Gasteiger partial charge in [0.15, 0.2) is 12.4 Å². The Labute approximate surface area is 174 Å². The summed E-state index contributed by atoms with van der Waals surface area (Å²) in [7, 11) is 4.53. The molecule has 1 heterocycles. The number of ketones is 1. The smallest absolute Gasteiger partial charge is 0.311 e. The van der Waals surface area contributed by atoms with Crippen LogP contribution in [0.2, 0.25) is 0 Å². The normalized spacial score (nSPS) is 15.6. The molecule has 0 radical (unpaired) electrons. The van der Waals surface area contributed by atoms with Gasteiger partial charge >= 0.3 is 5.97 Å². The largest absolute Gasteiger partial charge is 0.497 e. The minimum Gasteiger partial charge on any atom is -0.497 e. The average Bonchev–Trinajstić information content (AvgIpc) is 3.18. The molecule has 8 nitrogen and oxygen atoms in total. The summed E-state index contributed by atoms with van der Waals surface area (Å²) in [5.41, 5.74) is 0.900. The van der Waals surface area contributed by atoms with E-state index in [-0.39, 0.29) is 24.7 Å². The van der Waals surface area contributed by atoms with E-state index in [0.29, 0.717) is 28.5 Å². The van der Waals surface area contributed by atoms with Gasteiger partial charge in [-0.25, -0.2) is 0 Å². The molecule has 3 rings (SSSR count). The van der Waals surface area contributed by atoms with Gasteiger partial charge in [0.05, 0.1) is 32.9 Å². The standard InChI is InChI=1S/C22H23NO7/c1-27-16-6-4-5-14(9-16)19(24)13-30-22(26)15-10-21(25)23(12-15)18-11-17(28-2)7-8-20(18)29-3/h4-9,11,15H,10,12-13H2,1-3H3/t15-/m0/s1. The number of anilines is 1. The summed E-state index contributed by atoms with van der Waals surface area (Å²) in [6.07, 6.45) is -0.00739. The second-order valence-electron chi connectivity index (χ2n) is 6.71. The number of Topliss-reactive ketones (excluding diaryl/α,β-unsaturated/α-hetero) is 1. The highest BCUT2D eigenvalue weighted by molar-refractivity contribution is 6.02. The molecule has 0 N–H and O–H groups in total. The van der Waals surface area contributed by atoms with Gasteiger partial charge in [-0.2, -0.15) is 0 Å². The van der Waals surface area contributed by atoms with Crippen LogP contribution < -0.4 is 19.1 Å². The Morgan fingerprint density at radius 2 is 1.73 bits per heavy atom. The summed E-state index contributed by atoms with van der Waals surface area (Å²) >= 11 is 0. The van der Waals surface area contributed by atoms with Crippen LogP contribution in [-0.4, -0.2) is 52.1 Å². The van der Waals surface area contributed by atoms with E-state index in [1.54, 1.807) is 42.5 Å². The number of nitrogens with zero attached hydrogens (tertiary/aromatic N) is 1. The molecular weight excluding hydrogens is 390 g/mol. The number of hydrogen-bond donors (Lipinski definition) is 0. The highest BCUT2D eigenvalue weighted by atomic mass is 16.5. The average molecular weight is 413 g/mol. The van der Waals surface area contributed by atoms with Crippen molar-refractivity contribution in [3.05, 3.63) is 48.0 Å². The molecule has 0 bridgehead atoms. The first-order valence-corrected chi connectivity index (χ1v) is 9.33. The summed E-state index contributed by atoms with van der Waals surface area (Å²) in [6.45, 7) is -0.270.